The fraction of sp³-hybridized carbons (Fsp3) is 0.333. The molecule has 0 saturated carbocycles. The fourth-order valence-corrected chi connectivity index (χ4v) is 2.42. The molecule has 0 atom stereocenters. The molecule has 0 radical (unpaired) electrons. The number of hydrogen-bond acceptors (Lipinski definition) is 5. The first kappa shape index (κ1) is 16.2. The van der Waals surface area contributed by atoms with Crippen molar-refractivity contribution in [3.05, 3.63) is 24.3 Å². The maximum Gasteiger partial charge on any atom is 0.161 e. The normalized spacial score (nSPS) is 11.4. The number of nitrogens with one attached hydrogen (secondary N) is 2. The average molecular weight is 320 g/mol. The molecule has 1 aromatic carbocycles. The van der Waals surface area contributed by atoms with Crippen LogP contribution in [0.3, 0.4) is 0 Å². The van der Waals surface area contributed by atoms with Gasteiger partial charge in [-0.1, -0.05) is 11.8 Å². The zero-order chi connectivity index (χ0) is 15.9. The van der Waals surface area contributed by atoms with Gasteiger partial charge in [-0.15, -0.1) is 0 Å². The SMILES string of the molecule is CCN=C(Nc1cc(-c2ccc(OC)cc2OC)[nH]n1)SC. The largest absolute Gasteiger partial charge is 0.497 e. The summed E-state index contributed by atoms with van der Waals surface area (Å²) in [5.74, 6) is 2.19. The lowest BCUT2D eigenvalue weighted by Crippen LogP contribution is -2.07. The zero-order valence-electron chi connectivity index (χ0n) is 13.1. The smallest absolute Gasteiger partial charge is 0.161 e. The van der Waals surface area contributed by atoms with Crippen molar-refractivity contribution in [2.75, 3.05) is 32.3 Å². The van der Waals surface area contributed by atoms with Crippen LogP contribution in [-0.4, -0.2) is 42.4 Å². The first-order valence-corrected chi connectivity index (χ1v) is 8.07. The van der Waals surface area contributed by atoms with E-state index in [9.17, 15) is 0 Å². The first-order chi connectivity index (χ1) is 10.7. The number of anilines is 1. The van der Waals surface area contributed by atoms with E-state index in [0.717, 1.165) is 40.3 Å². The molecular weight excluding hydrogens is 300 g/mol. The molecule has 7 heteroatoms. The van der Waals surface area contributed by atoms with Gasteiger partial charge < -0.3 is 14.8 Å². The number of methoxy groups -OCH3 is 2. The van der Waals surface area contributed by atoms with Crippen molar-refractivity contribution >= 4 is 22.7 Å². The van der Waals surface area contributed by atoms with Crippen LogP contribution in [-0.2, 0) is 0 Å². The summed E-state index contributed by atoms with van der Waals surface area (Å²) in [5.41, 5.74) is 1.78. The number of aliphatic imine (C=N–C) groups is 1. The summed E-state index contributed by atoms with van der Waals surface area (Å²) in [6, 6.07) is 7.59. The van der Waals surface area contributed by atoms with Crippen molar-refractivity contribution in [2.24, 2.45) is 4.99 Å². The van der Waals surface area contributed by atoms with E-state index in [2.05, 4.69) is 20.5 Å². The molecule has 0 aliphatic heterocycles. The molecule has 0 fully saturated rings. The van der Waals surface area contributed by atoms with Gasteiger partial charge in [0.2, 0.25) is 0 Å². The molecular formula is C15H20N4O2S. The topological polar surface area (TPSA) is 71.5 Å². The third-order valence-electron chi connectivity index (χ3n) is 3.01. The number of aromatic amines is 1. The lowest BCUT2D eigenvalue weighted by molar-refractivity contribution is 0.395. The minimum atomic E-state index is 0.717. The average Bonchev–Trinajstić information content (AvgIpc) is 3.02. The summed E-state index contributed by atoms with van der Waals surface area (Å²) in [4.78, 5) is 4.35. The van der Waals surface area contributed by atoms with Crippen LogP contribution in [0, 0.1) is 0 Å². The van der Waals surface area contributed by atoms with Crippen molar-refractivity contribution in [3.8, 4) is 22.8 Å². The molecule has 0 aliphatic carbocycles. The molecule has 118 valence electrons. The molecule has 1 aromatic heterocycles. The van der Waals surface area contributed by atoms with Gasteiger partial charge in [-0.3, -0.25) is 10.1 Å². The molecule has 0 spiro atoms. The number of amidine groups is 1. The van der Waals surface area contributed by atoms with Crippen LogP contribution in [0.1, 0.15) is 6.92 Å². The summed E-state index contributed by atoms with van der Waals surface area (Å²) < 4.78 is 10.6. The maximum absolute atomic E-state index is 5.42. The minimum absolute atomic E-state index is 0.717. The molecule has 0 unspecified atom stereocenters. The zero-order valence-corrected chi connectivity index (χ0v) is 14.0. The number of hydrogen-bond donors (Lipinski definition) is 2. The van der Waals surface area contributed by atoms with Crippen LogP contribution in [0.4, 0.5) is 5.82 Å². The van der Waals surface area contributed by atoms with Gasteiger partial charge in [0.1, 0.15) is 11.5 Å². The lowest BCUT2D eigenvalue weighted by atomic mass is 10.1. The minimum Gasteiger partial charge on any atom is -0.497 e. The Morgan fingerprint density at radius 3 is 2.77 bits per heavy atom. The number of benzene rings is 1. The Hall–Kier alpha value is -2.15. The lowest BCUT2D eigenvalue weighted by Gasteiger charge is -2.08. The van der Waals surface area contributed by atoms with Gasteiger partial charge in [0.25, 0.3) is 0 Å². The Morgan fingerprint density at radius 1 is 1.32 bits per heavy atom. The number of H-pyrrole nitrogens is 1. The number of aromatic nitrogens is 2. The van der Waals surface area contributed by atoms with Crippen molar-refractivity contribution < 1.29 is 9.47 Å². The van der Waals surface area contributed by atoms with Crippen LogP contribution in [0.25, 0.3) is 11.3 Å². The quantitative estimate of drug-likeness (QED) is 0.653. The highest BCUT2D eigenvalue weighted by molar-refractivity contribution is 8.13. The summed E-state index contributed by atoms with van der Waals surface area (Å²) in [6.45, 7) is 2.73. The summed E-state index contributed by atoms with van der Waals surface area (Å²) in [5, 5.41) is 11.3. The summed E-state index contributed by atoms with van der Waals surface area (Å²) >= 11 is 1.55. The second kappa shape index (κ2) is 7.74. The van der Waals surface area contributed by atoms with Crippen LogP contribution >= 0.6 is 11.8 Å². The van der Waals surface area contributed by atoms with Crippen molar-refractivity contribution in [3.63, 3.8) is 0 Å². The second-order valence-electron chi connectivity index (χ2n) is 4.34. The van der Waals surface area contributed by atoms with Gasteiger partial charge in [0, 0.05) is 24.2 Å². The van der Waals surface area contributed by atoms with E-state index in [0.29, 0.717) is 0 Å². The fourth-order valence-electron chi connectivity index (χ4n) is 1.95. The summed E-state index contributed by atoms with van der Waals surface area (Å²) in [6.07, 6.45) is 1.97. The maximum atomic E-state index is 5.42. The molecule has 0 amide bonds. The van der Waals surface area contributed by atoms with E-state index in [1.807, 2.05) is 37.4 Å². The number of rotatable bonds is 5. The monoisotopic (exact) mass is 320 g/mol. The molecule has 2 N–H and O–H groups in total. The Balaban J connectivity index is 2.26. The van der Waals surface area contributed by atoms with Crippen LogP contribution in [0.5, 0.6) is 11.5 Å². The highest BCUT2D eigenvalue weighted by atomic mass is 32.2. The first-order valence-electron chi connectivity index (χ1n) is 6.85. The van der Waals surface area contributed by atoms with E-state index in [1.54, 1.807) is 26.0 Å². The Kier molecular flexibility index (Phi) is 5.71. The molecule has 22 heavy (non-hydrogen) atoms. The third-order valence-corrected chi connectivity index (χ3v) is 3.62. The molecule has 2 rings (SSSR count). The van der Waals surface area contributed by atoms with Crippen molar-refractivity contribution in [1.82, 2.24) is 10.2 Å². The molecule has 0 bridgehead atoms. The predicted molar refractivity (Wildman–Crippen MR) is 92.2 cm³/mol. The number of ether oxygens (including phenoxy) is 2. The van der Waals surface area contributed by atoms with Crippen molar-refractivity contribution in [2.45, 2.75) is 6.92 Å². The summed E-state index contributed by atoms with van der Waals surface area (Å²) in [7, 11) is 3.26. The highest BCUT2D eigenvalue weighted by Gasteiger charge is 2.11. The van der Waals surface area contributed by atoms with Crippen LogP contribution < -0.4 is 14.8 Å². The molecule has 1 heterocycles. The molecule has 6 nitrogen and oxygen atoms in total. The van der Waals surface area contributed by atoms with E-state index in [-0.39, 0.29) is 0 Å². The van der Waals surface area contributed by atoms with Gasteiger partial charge in [-0.25, -0.2) is 0 Å². The number of nitrogens with zero attached hydrogens (tertiary/aromatic N) is 2. The Morgan fingerprint density at radius 2 is 2.14 bits per heavy atom. The second-order valence-corrected chi connectivity index (χ2v) is 5.14. The molecule has 0 saturated heterocycles. The van der Waals surface area contributed by atoms with Crippen LogP contribution in [0.2, 0.25) is 0 Å². The van der Waals surface area contributed by atoms with E-state index in [4.69, 9.17) is 9.47 Å². The highest BCUT2D eigenvalue weighted by Crippen LogP contribution is 2.33. The standard InChI is InChI=1S/C15H20N4O2S/c1-5-16-15(22-4)17-14-9-12(18-19-14)11-7-6-10(20-2)8-13(11)21-3/h6-9H,5H2,1-4H3,(H2,16,17,18,19). The van der Waals surface area contributed by atoms with Gasteiger partial charge in [0.15, 0.2) is 11.0 Å². The third kappa shape index (κ3) is 3.73. The van der Waals surface area contributed by atoms with E-state index in [1.165, 1.54) is 0 Å². The Labute approximate surface area is 134 Å². The van der Waals surface area contributed by atoms with E-state index >= 15 is 0 Å². The van der Waals surface area contributed by atoms with Crippen LogP contribution in [0.15, 0.2) is 29.3 Å². The van der Waals surface area contributed by atoms with Gasteiger partial charge >= 0.3 is 0 Å². The van der Waals surface area contributed by atoms with Gasteiger partial charge in [-0.05, 0) is 25.3 Å². The number of thioether (sulfide) groups is 1. The van der Waals surface area contributed by atoms with E-state index < -0.39 is 0 Å². The molecule has 0 aliphatic rings. The molecule has 2 aromatic rings. The predicted octanol–water partition coefficient (Wildman–Crippen LogP) is 3.24. The van der Waals surface area contributed by atoms with Gasteiger partial charge in [-0.2, -0.15) is 5.10 Å². The Bertz CT molecular complexity index is 655. The van der Waals surface area contributed by atoms with Crippen molar-refractivity contribution in [1.29, 1.82) is 0 Å². The van der Waals surface area contributed by atoms with Gasteiger partial charge in [0.05, 0.1) is 19.9 Å².